The van der Waals surface area contributed by atoms with E-state index in [0.29, 0.717) is 4.88 Å². The molecule has 1 fully saturated rings. The van der Waals surface area contributed by atoms with E-state index in [4.69, 9.17) is 0 Å². The highest BCUT2D eigenvalue weighted by molar-refractivity contribution is 7.12. The van der Waals surface area contributed by atoms with Gasteiger partial charge in [0.1, 0.15) is 6.04 Å². The number of alkyl halides is 3. The summed E-state index contributed by atoms with van der Waals surface area (Å²) in [5.74, 6) is -0.672. The normalized spacial score (nSPS) is 17.6. The summed E-state index contributed by atoms with van der Waals surface area (Å²) < 4.78 is 37.3. The number of halogens is 3. The third-order valence-corrected chi connectivity index (χ3v) is 4.92. The van der Waals surface area contributed by atoms with Crippen LogP contribution in [0.5, 0.6) is 0 Å². The molecular weight excluding hydrogens is 355 g/mol. The molecule has 0 spiro atoms. The van der Waals surface area contributed by atoms with Gasteiger partial charge in [0.15, 0.2) is 0 Å². The van der Waals surface area contributed by atoms with Gasteiger partial charge in [-0.25, -0.2) is 0 Å². The van der Waals surface area contributed by atoms with Crippen molar-refractivity contribution in [2.75, 3.05) is 32.7 Å². The van der Waals surface area contributed by atoms with Crippen LogP contribution in [0.1, 0.15) is 23.5 Å². The lowest BCUT2D eigenvalue weighted by molar-refractivity contribution is -0.152. The number of piperazine rings is 1. The second-order valence-electron chi connectivity index (χ2n) is 6.39. The van der Waals surface area contributed by atoms with Crippen molar-refractivity contribution in [3.8, 4) is 0 Å². The number of amides is 2. The minimum absolute atomic E-state index is 0.121. The molecule has 0 aromatic carbocycles. The molecule has 9 heteroatoms. The van der Waals surface area contributed by atoms with Gasteiger partial charge >= 0.3 is 6.18 Å². The molecule has 0 saturated carbocycles. The first-order chi connectivity index (χ1) is 11.7. The van der Waals surface area contributed by atoms with Crippen LogP contribution in [-0.2, 0) is 4.79 Å². The molecule has 1 N–H and O–H groups in total. The number of nitrogens with one attached hydrogen (secondary N) is 1. The topological polar surface area (TPSA) is 52.7 Å². The molecule has 2 rings (SSSR count). The third-order valence-electron chi connectivity index (χ3n) is 4.05. The Labute approximate surface area is 148 Å². The first-order valence-electron chi connectivity index (χ1n) is 8.09. The molecule has 0 radical (unpaired) electrons. The van der Waals surface area contributed by atoms with Crippen LogP contribution in [0.15, 0.2) is 17.5 Å². The SMILES string of the molecule is CC(C)C(NC(=O)c1cccs1)C(=O)N1CCN(CC(F)(F)F)CC1. The van der Waals surface area contributed by atoms with Crippen LogP contribution < -0.4 is 5.32 Å². The van der Waals surface area contributed by atoms with Crippen molar-refractivity contribution in [1.82, 2.24) is 15.1 Å². The van der Waals surface area contributed by atoms with Gasteiger partial charge in [0, 0.05) is 26.2 Å². The molecule has 2 amide bonds. The fraction of sp³-hybridized carbons (Fsp3) is 0.625. The Kier molecular flexibility index (Phi) is 6.45. The van der Waals surface area contributed by atoms with E-state index in [2.05, 4.69) is 5.32 Å². The number of hydrogen-bond acceptors (Lipinski definition) is 4. The van der Waals surface area contributed by atoms with Crippen molar-refractivity contribution in [2.24, 2.45) is 5.92 Å². The Hall–Kier alpha value is -1.61. The fourth-order valence-corrected chi connectivity index (χ4v) is 3.34. The van der Waals surface area contributed by atoms with Gasteiger partial charge in [-0.2, -0.15) is 13.2 Å². The molecule has 5 nitrogen and oxygen atoms in total. The Balaban J connectivity index is 1.93. The maximum atomic E-state index is 12.7. The Morgan fingerprint density at radius 3 is 2.36 bits per heavy atom. The monoisotopic (exact) mass is 377 g/mol. The zero-order chi connectivity index (χ0) is 18.6. The maximum Gasteiger partial charge on any atom is 0.401 e. The van der Waals surface area contributed by atoms with Crippen LogP contribution in [0.4, 0.5) is 13.2 Å². The number of carbonyl (C=O) groups is 2. The van der Waals surface area contributed by atoms with Crippen LogP contribution in [0.25, 0.3) is 0 Å². The van der Waals surface area contributed by atoms with Gasteiger partial charge in [-0.15, -0.1) is 11.3 Å². The second-order valence-corrected chi connectivity index (χ2v) is 7.34. The second kappa shape index (κ2) is 8.18. The van der Waals surface area contributed by atoms with Gasteiger partial charge in [-0.05, 0) is 17.4 Å². The Morgan fingerprint density at radius 2 is 1.88 bits per heavy atom. The van der Waals surface area contributed by atoms with Crippen molar-refractivity contribution in [2.45, 2.75) is 26.1 Å². The van der Waals surface area contributed by atoms with Gasteiger partial charge in [-0.1, -0.05) is 19.9 Å². The molecule has 1 aliphatic heterocycles. The number of hydrogen-bond donors (Lipinski definition) is 1. The van der Waals surface area contributed by atoms with Crippen molar-refractivity contribution < 1.29 is 22.8 Å². The van der Waals surface area contributed by atoms with E-state index >= 15 is 0 Å². The van der Waals surface area contributed by atoms with Crippen LogP contribution in [-0.4, -0.2) is 66.6 Å². The lowest BCUT2D eigenvalue weighted by Crippen LogP contribution is -2.57. The average Bonchev–Trinajstić information content (AvgIpc) is 3.05. The van der Waals surface area contributed by atoms with E-state index in [0.717, 1.165) is 0 Å². The summed E-state index contributed by atoms with van der Waals surface area (Å²) in [7, 11) is 0. The van der Waals surface area contributed by atoms with E-state index in [9.17, 15) is 22.8 Å². The summed E-state index contributed by atoms with van der Waals surface area (Å²) in [5, 5.41) is 4.53. The summed E-state index contributed by atoms with van der Waals surface area (Å²) in [5.41, 5.74) is 0. The number of thiophene rings is 1. The van der Waals surface area contributed by atoms with Crippen molar-refractivity contribution in [1.29, 1.82) is 0 Å². The van der Waals surface area contributed by atoms with Gasteiger partial charge in [-0.3, -0.25) is 14.5 Å². The predicted octanol–water partition coefficient (Wildman–Crippen LogP) is 2.21. The van der Waals surface area contributed by atoms with Crippen molar-refractivity contribution in [3.05, 3.63) is 22.4 Å². The molecule has 25 heavy (non-hydrogen) atoms. The third kappa shape index (κ3) is 5.71. The van der Waals surface area contributed by atoms with Gasteiger partial charge < -0.3 is 10.2 Å². The van der Waals surface area contributed by atoms with Gasteiger partial charge in [0.05, 0.1) is 11.4 Å². The van der Waals surface area contributed by atoms with E-state index < -0.39 is 18.8 Å². The molecule has 1 aromatic heterocycles. The first-order valence-corrected chi connectivity index (χ1v) is 8.97. The summed E-state index contributed by atoms with van der Waals surface area (Å²) in [4.78, 5) is 28.3. The highest BCUT2D eigenvalue weighted by Crippen LogP contribution is 2.18. The van der Waals surface area contributed by atoms with Crippen molar-refractivity contribution >= 4 is 23.2 Å². The largest absolute Gasteiger partial charge is 0.401 e. The highest BCUT2D eigenvalue weighted by Gasteiger charge is 2.35. The molecule has 1 unspecified atom stereocenters. The van der Waals surface area contributed by atoms with Crippen LogP contribution in [0, 0.1) is 5.92 Å². The van der Waals surface area contributed by atoms with Crippen LogP contribution in [0.2, 0.25) is 0 Å². The van der Waals surface area contributed by atoms with E-state index in [1.165, 1.54) is 21.1 Å². The first kappa shape index (κ1) is 19.7. The van der Waals surface area contributed by atoms with Gasteiger partial charge in [0.25, 0.3) is 5.91 Å². The summed E-state index contributed by atoms with van der Waals surface area (Å²) >= 11 is 1.29. The molecule has 2 heterocycles. The molecule has 0 aliphatic carbocycles. The predicted molar refractivity (Wildman–Crippen MR) is 89.5 cm³/mol. The molecule has 1 atom stereocenters. The summed E-state index contributed by atoms with van der Waals surface area (Å²) in [6.45, 7) is 3.51. The number of carbonyl (C=O) groups excluding carboxylic acids is 2. The lowest BCUT2D eigenvalue weighted by Gasteiger charge is -2.37. The number of nitrogens with zero attached hydrogens (tertiary/aromatic N) is 2. The average molecular weight is 377 g/mol. The van der Waals surface area contributed by atoms with Crippen LogP contribution in [0.3, 0.4) is 0 Å². The maximum absolute atomic E-state index is 12.7. The summed E-state index contributed by atoms with van der Waals surface area (Å²) in [6, 6.07) is 2.74. The highest BCUT2D eigenvalue weighted by atomic mass is 32.1. The zero-order valence-corrected chi connectivity index (χ0v) is 15.0. The standard InChI is InChI=1S/C16H22F3N3O2S/c1-11(2)13(20-14(23)12-4-3-9-25-12)15(24)22-7-5-21(6-8-22)10-16(17,18)19/h3-4,9,11,13H,5-8,10H2,1-2H3,(H,20,23). The quantitative estimate of drug-likeness (QED) is 0.856. The Bertz CT molecular complexity index is 582. The minimum atomic E-state index is -4.23. The van der Waals surface area contributed by atoms with E-state index in [1.807, 2.05) is 13.8 Å². The zero-order valence-electron chi connectivity index (χ0n) is 14.2. The fourth-order valence-electron chi connectivity index (χ4n) is 2.71. The minimum Gasteiger partial charge on any atom is -0.339 e. The molecule has 140 valence electrons. The Morgan fingerprint density at radius 1 is 1.24 bits per heavy atom. The molecule has 1 aromatic rings. The summed E-state index contributed by atoms with van der Waals surface area (Å²) in [6.07, 6.45) is -4.23. The van der Waals surface area contributed by atoms with E-state index in [1.54, 1.807) is 17.5 Å². The van der Waals surface area contributed by atoms with E-state index in [-0.39, 0.29) is 43.9 Å². The van der Waals surface area contributed by atoms with Crippen molar-refractivity contribution in [3.63, 3.8) is 0 Å². The van der Waals surface area contributed by atoms with Gasteiger partial charge in [0.2, 0.25) is 5.91 Å². The van der Waals surface area contributed by atoms with Crippen LogP contribution >= 0.6 is 11.3 Å². The molecule has 0 bridgehead atoms. The smallest absolute Gasteiger partial charge is 0.339 e. The lowest BCUT2D eigenvalue weighted by atomic mass is 10.0. The molecule has 1 aliphatic rings. The molecular formula is C16H22F3N3O2S. The number of rotatable bonds is 5. The molecule has 1 saturated heterocycles.